The van der Waals surface area contributed by atoms with E-state index in [-0.39, 0.29) is 0 Å². The van der Waals surface area contributed by atoms with E-state index in [0.717, 1.165) is 30.8 Å². The number of nitrogens with zero attached hydrogens (tertiary/aromatic N) is 2. The number of rotatable bonds is 6. The fourth-order valence-corrected chi connectivity index (χ4v) is 2.93. The second-order valence-electron chi connectivity index (χ2n) is 5.91. The van der Waals surface area contributed by atoms with Crippen molar-refractivity contribution in [1.82, 2.24) is 10.3 Å². The van der Waals surface area contributed by atoms with Crippen molar-refractivity contribution >= 4 is 6.01 Å². The van der Waals surface area contributed by atoms with Crippen molar-refractivity contribution < 1.29 is 4.42 Å². The molecule has 0 aromatic carbocycles. The van der Waals surface area contributed by atoms with Gasteiger partial charge < -0.3 is 14.6 Å². The topological polar surface area (TPSA) is 41.3 Å². The minimum atomic E-state index is 0.627. The van der Waals surface area contributed by atoms with E-state index < -0.39 is 0 Å². The van der Waals surface area contributed by atoms with Crippen LogP contribution in [0.1, 0.15) is 57.6 Å². The first-order valence-corrected chi connectivity index (χ1v) is 7.81. The van der Waals surface area contributed by atoms with E-state index in [1.165, 1.54) is 44.9 Å². The summed E-state index contributed by atoms with van der Waals surface area (Å²) in [6, 6.07) is 2.19. The summed E-state index contributed by atoms with van der Waals surface area (Å²) in [4.78, 5) is 7.05. The fourth-order valence-electron chi connectivity index (χ4n) is 2.93. The second kappa shape index (κ2) is 5.95. The van der Waals surface area contributed by atoms with Crippen LogP contribution in [0.4, 0.5) is 6.01 Å². The molecule has 1 N–H and O–H groups in total. The van der Waals surface area contributed by atoms with Crippen LogP contribution in [-0.4, -0.2) is 23.6 Å². The second-order valence-corrected chi connectivity index (χ2v) is 5.91. The minimum absolute atomic E-state index is 0.627. The summed E-state index contributed by atoms with van der Waals surface area (Å²) in [7, 11) is 0. The molecule has 1 atom stereocenters. The average molecular weight is 263 g/mol. The van der Waals surface area contributed by atoms with Crippen molar-refractivity contribution in [3.63, 3.8) is 0 Å². The number of hydrogen-bond acceptors (Lipinski definition) is 4. The van der Waals surface area contributed by atoms with Crippen LogP contribution in [0.3, 0.4) is 0 Å². The van der Waals surface area contributed by atoms with E-state index in [0.29, 0.717) is 6.04 Å². The van der Waals surface area contributed by atoms with Gasteiger partial charge in [0.25, 0.3) is 6.01 Å². The number of piperidine rings is 1. The van der Waals surface area contributed by atoms with Crippen molar-refractivity contribution in [3.8, 4) is 0 Å². The molecule has 4 heteroatoms. The first-order chi connectivity index (χ1) is 9.36. The van der Waals surface area contributed by atoms with Gasteiger partial charge in [0.1, 0.15) is 6.26 Å². The molecule has 0 spiro atoms. The summed E-state index contributed by atoms with van der Waals surface area (Å²) in [5, 5.41) is 3.48. The predicted molar refractivity (Wildman–Crippen MR) is 76.3 cm³/mol. The average Bonchev–Trinajstić information content (AvgIpc) is 3.15. The van der Waals surface area contributed by atoms with E-state index in [9.17, 15) is 0 Å². The lowest BCUT2D eigenvalue weighted by Crippen LogP contribution is -2.39. The number of nitrogens with one attached hydrogen (secondary N) is 1. The van der Waals surface area contributed by atoms with Crippen LogP contribution in [0.2, 0.25) is 0 Å². The normalized spacial score (nSPS) is 23.8. The standard InChI is InChI=1S/C15H25N3O/c1-2-5-14-6-3-4-9-18(14)15-17-13(11-19-15)10-16-12-7-8-12/h11-12,14,16H,2-10H2,1H3. The quantitative estimate of drug-likeness (QED) is 0.856. The summed E-state index contributed by atoms with van der Waals surface area (Å²) in [6.45, 7) is 4.20. The lowest BCUT2D eigenvalue weighted by Gasteiger charge is -2.34. The van der Waals surface area contributed by atoms with Gasteiger partial charge in [-0.3, -0.25) is 0 Å². The van der Waals surface area contributed by atoms with Gasteiger partial charge in [0.15, 0.2) is 0 Å². The van der Waals surface area contributed by atoms with Gasteiger partial charge in [0.2, 0.25) is 0 Å². The molecule has 1 aromatic heterocycles. The zero-order valence-corrected chi connectivity index (χ0v) is 11.9. The third kappa shape index (κ3) is 3.30. The van der Waals surface area contributed by atoms with E-state index in [4.69, 9.17) is 4.42 Å². The van der Waals surface area contributed by atoms with Gasteiger partial charge in [-0.2, -0.15) is 4.98 Å². The highest BCUT2D eigenvalue weighted by atomic mass is 16.4. The molecule has 1 saturated carbocycles. The summed E-state index contributed by atoms with van der Waals surface area (Å²) in [5.41, 5.74) is 1.04. The van der Waals surface area contributed by atoms with Crippen LogP contribution < -0.4 is 10.2 Å². The molecule has 1 aliphatic heterocycles. The first kappa shape index (κ1) is 13.0. The molecule has 106 valence electrons. The molecular formula is C15H25N3O. The molecule has 19 heavy (non-hydrogen) atoms. The molecule has 0 bridgehead atoms. The van der Waals surface area contributed by atoms with Gasteiger partial charge in [-0.1, -0.05) is 13.3 Å². The van der Waals surface area contributed by atoms with E-state index >= 15 is 0 Å². The van der Waals surface area contributed by atoms with Gasteiger partial charge in [0.05, 0.1) is 5.69 Å². The van der Waals surface area contributed by atoms with Crippen LogP contribution in [0.5, 0.6) is 0 Å². The molecule has 1 aromatic rings. The third-order valence-corrected chi connectivity index (χ3v) is 4.18. The Bertz CT molecular complexity index is 398. The lowest BCUT2D eigenvalue weighted by molar-refractivity contribution is 0.399. The van der Waals surface area contributed by atoms with Crippen LogP contribution in [0.15, 0.2) is 10.7 Å². The molecule has 0 radical (unpaired) electrons. The van der Waals surface area contributed by atoms with Gasteiger partial charge in [-0.25, -0.2) is 0 Å². The third-order valence-electron chi connectivity index (χ3n) is 4.18. The highest BCUT2D eigenvalue weighted by Gasteiger charge is 2.26. The number of anilines is 1. The zero-order chi connectivity index (χ0) is 13.1. The molecule has 1 aliphatic carbocycles. The Hall–Kier alpha value is -1.03. The molecule has 4 nitrogen and oxygen atoms in total. The molecule has 1 saturated heterocycles. The Labute approximate surface area is 115 Å². The first-order valence-electron chi connectivity index (χ1n) is 7.81. The molecule has 2 heterocycles. The molecule has 3 rings (SSSR count). The molecule has 2 aliphatic rings. The van der Waals surface area contributed by atoms with Crippen molar-refractivity contribution in [2.24, 2.45) is 0 Å². The number of oxazole rings is 1. The summed E-state index contributed by atoms with van der Waals surface area (Å²) < 4.78 is 5.71. The van der Waals surface area contributed by atoms with Crippen molar-refractivity contribution in [3.05, 3.63) is 12.0 Å². The summed E-state index contributed by atoms with van der Waals surface area (Å²) in [6.07, 6.45) is 10.8. The van der Waals surface area contributed by atoms with Crippen molar-refractivity contribution in [2.75, 3.05) is 11.4 Å². The Morgan fingerprint density at radius 2 is 2.26 bits per heavy atom. The van der Waals surface area contributed by atoms with Gasteiger partial charge in [-0.05, 0) is 38.5 Å². The summed E-state index contributed by atoms with van der Waals surface area (Å²) in [5.74, 6) is 0. The van der Waals surface area contributed by atoms with Crippen molar-refractivity contribution in [2.45, 2.75) is 70.5 Å². The lowest BCUT2D eigenvalue weighted by atomic mass is 9.99. The molecule has 1 unspecified atom stereocenters. The SMILES string of the molecule is CCCC1CCCCN1c1nc(CNC2CC2)co1. The molecular weight excluding hydrogens is 238 g/mol. The largest absolute Gasteiger partial charge is 0.432 e. The van der Waals surface area contributed by atoms with Crippen molar-refractivity contribution in [1.29, 1.82) is 0 Å². The summed E-state index contributed by atoms with van der Waals surface area (Å²) >= 11 is 0. The Kier molecular flexibility index (Phi) is 4.06. The van der Waals surface area contributed by atoms with Crippen LogP contribution in [-0.2, 0) is 6.54 Å². The van der Waals surface area contributed by atoms with E-state index in [1.54, 1.807) is 0 Å². The van der Waals surface area contributed by atoms with Crippen LogP contribution in [0, 0.1) is 0 Å². The highest BCUT2D eigenvalue weighted by Crippen LogP contribution is 2.27. The number of aromatic nitrogens is 1. The van der Waals surface area contributed by atoms with Crippen LogP contribution >= 0.6 is 0 Å². The minimum Gasteiger partial charge on any atom is -0.432 e. The van der Waals surface area contributed by atoms with Gasteiger partial charge >= 0.3 is 0 Å². The van der Waals surface area contributed by atoms with Crippen LogP contribution in [0.25, 0.3) is 0 Å². The molecule has 0 amide bonds. The number of hydrogen-bond donors (Lipinski definition) is 1. The Morgan fingerprint density at radius 1 is 1.37 bits per heavy atom. The Balaban J connectivity index is 1.61. The maximum Gasteiger partial charge on any atom is 0.297 e. The zero-order valence-electron chi connectivity index (χ0n) is 11.9. The van der Waals surface area contributed by atoms with E-state index in [1.807, 2.05) is 6.26 Å². The monoisotopic (exact) mass is 263 g/mol. The maximum absolute atomic E-state index is 5.71. The van der Waals surface area contributed by atoms with Gasteiger partial charge in [0, 0.05) is 25.2 Å². The predicted octanol–water partition coefficient (Wildman–Crippen LogP) is 3.09. The molecule has 2 fully saturated rings. The Morgan fingerprint density at radius 3 is 3.05 bits per heavy atom. The van der Waals surface area contributed by atoms with E-state index in [2.05, 4.69) is 22.1 Å². The highest BCUT2D eigenvalue weighted by molar-refractivity contribution is 5.30. The fraction of sp³-hybridized carbons (Fsp3) is 0.800. The maximum atomic E-state index is 5.71. The smallest absolute Gasteiger partial charge is 0.297 e. The van der Waals surface area contributed by atoms with Gasteiger partial charge in [-0.15, -0.1) is 0 Å².